The minimum absolute atomic E-state index is 0.0704. The minimum atomic E-state index is -0.776. The molecule has 8 heteroatoms. The minimum Gasteiger partial charge on any atom is -0.376 e. The van der Waals surface area contributed by atoms with Crippen LogP contribution in [-0.4, -0.2) is 4.92 Å². The van der Waals surface area contributed by atoms with Gasteiger partial charge in [-0.05, 0) is 24.3 Å². The van der Waals surface area contributed by atoms with Gasteiger partial charge in [-0.2, -0.15) is 0 Å². The predicted octanol–water partition coefficient (Wildman–Crippen LogP) is 5.01. The standard InChI is InChI=1S/C13H8Br2F2N2O2/c14-8-2-1-7(12(5-8)19(20)21)6-18-13-10(16)3-9(15)4-11(13)17/h1-5,18H,6H2. The van der Waals surface area contributed by atoms with Crippen LogP contribution >= 0.6 is 31.9 Å². The molecule has 0 saturated carbocycles. The first-order chi connectivity index (χ1) is 9.88. The molecule has 2 rings (SSSR count). The zero-order valence-corrected chi connectivity index (χ0v) is 13.5. The number of nitro groups is 1. The molecule has 2 aromatic rings. The molecule has 110 valence electrons. The number of halogens is 4. The number of nitrogens with one attached hydrogen (secondary N) is 1. The molecular formula is C13H8Br2F2N2O2. The Morgan fingerprint density at radius 2 is 1.71 bits per heavy atom. The Kier molecular flexibility index (Phi) is 4.89. The van der Waals surface area contributed by atoms with E-state index in [1.165, 1.54) is 12.1 Å². The van der Waals surface area contributed by atoms with Crippen LogP contribution in [0.25, 0.3) is 0 Å². The summed E-state index contributed by atoms with van der Waals surface area (Å²) in [6.07, 6.45) is 0. The first-order valence-electron chi connectivity index (χ1n) is 5.69. The van der Waals surface area contributed by atoms with Crippen LogP contribution in [0, 0.1) is 21.7 Å². The van der Waals surface area contributed by atoms with Gasteiger partial charge in [0.05, 0.1) is 4.92 Å². The lowest BCUT2D eigenvalue weighted by Gasteiger charge is -2.10. The van der Waals surface area contributed by atoms with Crippen LogP contribution in [0.15, 0.2) is 39.3 Å². The first kappa shape index (κ1) is 15.8. The zero-order valence-electron chi connectivity index (χ0n) is 10.4. The highest BCUT2D eigenvalue weighted by atomic mass is 79.9. The van der Waals surface area contributed by atoms with E-state index in [9.17, 15) is 18.9 Å². The Balaban J connectivity index is 2.27. The molecule has 0 atom stereocenters. The van der Waals surface area contributed by atoms with Gasteiger partial charge in [0.25, 0.3) is 5.69 Å². The molecule has 0 fully saturated rings. The van der Waals surface area contributed by atoms with Crippen LogP contribution in [0.5, 0.6) is 0 Å². The van der Waals surface area contributed by atoms with Gasteiger partial charge in [-0.3, -0.25) is 10.1 Å². The SMILES string of the molecule is O=[N+]([O-])c1cc(Br)ccc1CNc1c(F)cc(Br)cc1F. The van der Waals surface area contributed by atoms with Crippen molar-refractivity contribution in [1.82, 2.24) is 0 Å². The van der Waals surface area contributed by atoms with E-state index in [0.29, 0.717) is 10.0 Å². The molecule has 1 N–H and O–H groups in total. The van der Waals surface area contributed by atoms with E-state index in [-0.39, 0.29) is 22.4 Å². The summed E-state index contributed by atoms with van der Waals surface area (Å²) in [5.74, 6) is -1.55. The summed E-state index contributed by atoms with van der Waals surface area (Å²) in [5, 5.41) is 13.5. The predicted molar refractivity (Wildman–Crippen MR) is 82.2 cm³/mol. The summed E-state index contributed by atoms with van der Waals surface area (Å²) in [4.78, 5) is 10.4. The second-order valence-electron chi connectivity index (χ2n) is 4.13. The fraction of sp³-hybridized carbons (Fsp3) is 0.0769. The van der Waals surface area contributed by atoms with Crippen LogP contribution in [0.2, 0.25) is 0 Å². The van der Waals surface area contributed by atoms with E-state index in [1.54, 1.807) is 6.07 Å². The van der Waals surface area contributed by atoms with Crippen molar-refractivity contribution in [2.75, 3.05) is 5.32 Å². The van der Waals surface area contributed by atoms with E-state index in [1.807, 2.05) is 0 Å². The maximum absolute atomic E-state index is 13.7. The fourth-order valence-corrected chi connectivity index (χ4v) is 2.50. The van der Waals surface area contributed by atoms with Crippen molar-refractivity contribution in [3.63, 3.8) is 0 Å². The van der Waals surface area contributed by atoms with Gasteiger partial charge in [-0.1, -0.05) is 31.9 Å². The monoisotopic (exact) mass is 420 g/mol. The number of nitro benzene ring substituents is 1. The van der Waals surface area contributed by atoms with E-state index in [0.717, 1.165) is 12.1 Å². The quantitative estimate of drug-likeness (QED) is 0.557. The molecule has 0 bridgehead atoms. The number of hydrogen-bond donors (Lipinski definition) is 1. The highest BCUT2D eigenvalue weighted by Crippen LogP contribution is 2.27. The molecule has 2 aromatic carbocycles. The van der Waals surface area contributed by atoms with Gasteiger partial charge < -0.3 is 5.32 Å². The third kappa shape index (κ3) is 3.76. The average Bonchev–Trinajstić information content (AvgIpc) is 2.38. The highest BCUT2D eigenvalue weighted by molar-refractivity contribution is 9.10. The molecule has 0 saturated heterocycles. The number of benzene rings is 2. The highest BCUT2D eigenvalue weighted by Gasteiger charge is 2.16. The number of hydrogen-bond acceptors (Lipinski definition) is 3. The molecular weight excluding hydrogens is 414 g/mol. The summed E-state index contributed by atoms with van der Waals surface area (Å²) in [7, 11) is 0. The van der Waals surface area contributed by atoms with Gasteiger partial charge in [0.15, 0.2) is 0 Å². The van der Waals surface area contributed by atoms with Gasteiger partial charge in [0, 0.05) is 27.1 Å². The molecule has 0 aliphatic carbocycles. The largest absolute Gasteiger partial charge is 0.376 e. The van der Waals surface area contributed by atoms with Crippen molar-refractivity contribution in [2.45, 2.75) is 6.54 Å². The number of rotatable bonds is 4. The fourth-order valence-electron chi connectivity index (χ4n) is 1.75. The molecule has 21 heavy (non-hydrogen) atoms. The summed E-state index contributed by atoms with van der Waals surface area (Å²) in [6.45, 7) is -0.0704. The normalized spacial score (nSPS) is 10.5. The first-order valence-corrected chi connectivity index (χ1v) is 7.28. The van der Waals surface area contributed by atoms with Gasteiger partial charge in [0.2, 0.25) is 0 Å². The second kappa shape index (κ2) is 6.48. The van der Waals surface area contributed by atoms with Gasteiger partial charge in [0.1, 0.15) is 17.3 Å². The molecule has 0 aromatic heterocycles. The maximum atomic E-state index is 13.7. The molecule has 0 radical (unpaired) electrons. The smallest absolute Gasteiger partial charge is 0.275 e. The lowest BCUT2D eigenvalue weighted by Crippen LogP contribution is -2.06. The lowest BCUT2D eigenvalue weighted by molar-refractivity contribution is -0.385. The van der Waals surface area contributed by atoms with Crippen molar-refractivity contribution in [3.05, 3.63) is 66.6 Å². The molecule has 4 nitrogen and oxygen atoms in total. The summed E-state index contributed by atoms with van der Waals surface area (Å²) in [6, 6.07) is 6.70. The summed E-state index contributed by atoms with van der Waals surface area (Å²) < 4.78 is 28.2. The topological polar surface area (TPSA) is 55.2 Å². The molecule has 0 aliphatic rings. The third-order valence-electron chi connectivity index (χ3n) is 2.71. The zero-order chi connectivity index (χ0) is 15.6. The van der Waals surface area contributed by atoms with Gasteiger partial charge >= 0.3 is 0 Å². The number of anilines is 1. The molecule has 0 heterocycles. The van der Waals surface area contributed by atoms with Crippen LogP contribution in [0.3, 0.4) is 0 Å². The van der Waals surface area contributed by atoms with E-state index in [4.69, 9.17) is 0 Å². The summed E-state index contributed by atoms with van der Waals surface area (Å²) in [5.41, 5.74) is -0.130. The van der Waals surface area contributed by atoms with Gasteiger partial charge in [-0.25, -0.2) is 8.78 Å². The van der Waals surface area contributed by atoms with Crippen LogP contribution in [0.4, 0.5) is 20.2 Å². The molecule has 0 spiro atoms. The third-order valence-corrected chi connectivity index (χ3v) is 3.66. The lowest BCUT2D eigenvalue weighted by atomic mass is 10.1. The van der Waals surface area contributed by atoms with Crippen molar-refractivity contribution < 1.29 is 13.7 Å². The Morgan fingerprint density at radius 3 is 2.29 bits per heavy atom. The Bertz CT molecular complexity index is 688. The summed E-state index contributed by atoms with van der Waals surface area (Å²) >= 11 is 6.12. The molecule has 0 unspecified atom stereocenters. The Hall–Kier alpha value is -1.54. The van der Waals surface area contributed by atoms with E-state index >= 15 is 0 Å². The van der Waals surface area contributed by atoms with E-state index in [2.05, 4.69) is 37.2 Å². The van der Waals surface area contributed by atoms with Crippen LogP contribution < -0.4 is 5.32 Å². The Morgan fingerprint density at radius 1 is 1.10 bits per heavy atom. The van der Waals surface area contributed by atoms with Crippen molar-refractivity contribution in [3.8, 4) is 0 Å². The van der Waals surface area contributed by atoms with Crippen molar-refractivity contribution in [2.24, 2.45) is 0 Å². The van der Waals surface area contributed by atoms with Crippen molar-refractivity contribution >= 4 is 43.2 Å². The maximum Gasteiger partial charge on any atom is 0.275 e. The second-order valence-corrected chi connectivity index (χ2v) is 5.96. The van der Waals surface area contributed by atoms with Gasteiger partial charge in [-0.15, -0.1) is 0 Å². The van der Waals surface area contributed by atoms with Crippen LogP contribution in [-0.2, 0) is 6.54 Å². The van der Waals surface area contributed by atoms with E-state index < -0.39 is 16.6 Å². The van der Waals surface area contributed by atoms with Crippen molar-refractivity contribution in [1.29, 1.82) is 0 Å². The molecule has 0 aliphatic heterocycles. The van der Waals surface area contributed by atoms with Crippen LogP contribution in [0.1, 0.15) is 5.56 Å². The Labute approximate surface area is 135 Å². The number of nitrogens with zero attached hydrogens (tertiary/aromatic N) is 1. The molecule has 0 amide bonds. The average molecular weight is 422 g/mol.